The van der Waals surface area contributed by atoms with Crippen molar-refractivity contribution in [2.24, 2.45) is 0 Å². The molecular formula is C55H45N. The van der Waals surface area contributed by atoms with Gasteiger partial charge in [0.15, 0.2) is 0 Å². The molecule has 4 aliphatic carbocycles. The van der Waals surface area contributed by atoms with E-state index >= 15 is 0 Å². The summed E-state index contributed by atoms with van der Waals surface area (Å²) in [6, 6.07) is 62.0. The summed E-state index contributed by atoms with van der Waals surface area (Å²) in [5.41, 5.74) is 22.0. The maximum Gasteiger partial charge on any atom is 0.0720 e. The fraction of sp³-hybridized carbons (Fsp3) is 0.164. The van der Waals surface area contributed by atoms with E-state index in [4.69, 9.17) is 0 Å². The van der Waals surface area contributed by atoms with Gasteiger partial charge in [0.05, 0.1) is 5.41 Å². The second kappa shape index (κ2) is 11.9. The summed E-state index contributed by atoms with van der Waals surface area (Å²) in [7, 11) is 0. The number of nitrogens with zero attached hydrogens (tertiary/aromatic N) is 1. The van der Waals surface area contributed by atoms with Crippen LogP contribution < -0.4 is 4.90 Å². The second-order valence-electron chi connectivity index (χ2n) is 17.2. The van der Waals surface area contributed by atoms with Crippen LogP contribution in [0.1, 0.15) is 85.0 Å². The van der Waals surface area contributed by atoms with Crippen molar-refractivity contribution < 1.29 is 0 Å². The third-order valence-corrected chi connectivity index (χ3v) is 13.7. The molecule has 11 rings (SSSR count). The van der Waals surface area contributed by atoms with Crippen molar-refractivity contribution in [3.8, 4) is 22.3 Å². The van der Waals surface area contributed by atoms with Crippen LogP contribution in [0, 0.1) is 0 Å². The monoisotopic (exact) mass is 719 g/mol. The van der Waals surface area contributed by atoms with Crippen molar-refractivity contribution >= 4 is 22.6 Å². The standard InChI is InChI=1S/C55H45N/c1-53(2)45-20-10-8-18-41(45)43-32-30-39(34-51(43)53)56(38-28-26-37(27-29-38)36-16-6-5-7-17-36)40-31-33-44-42-19-9-11-21-46(42)55(52(44)35-40)49-24-14-12-22-47(49)54(3,4)48-23-13-15-25-50(48)55/h5-9,11-19,21-35H,10,20H2,1-4H3. The first-order chi connectivity index (χ1) is 27.3. The molecule has 270 valence electrons. The van der Waals surface area contributed by atoms with E-state index in [-0.39, 0.29) is 10.8 Å². The molecule has 0 heterocycles. The van der Waals surface area contributed by atoms with E-state index in [0.29, 0.717) is 0 Å². The zero-order valence-electron chi connectivity index (χ0n) is 32.6. The predicted molar refractivity (Wildman–Crippen MR) is 234 cm³/mol. The number of benzene rings is 7. The number of allylic oxidation sites excluding steroid dienone is 4. The molecule has 0 N–H and O–H groups in total. The summed E-state index contributed by atoms with van der Waals surface area (Å²) in [6.07, 6.45) is 6.96. The Balaban J connectivity index is 1.16. The molecule has 4 aliphatic rings. The Morgan fingerprint density at radius 3 is 1.61 bits per heavy atom. The van der Waals surface area contributed by atoms with Crippen molar-refractivity contribution in [1.29, 1.82) is 0 Å². The van der Waals surface area contributed by atoms with Crippen molar-refractivity contribution in [3.63, 3.8) is 0 Å². The Hall–Kier alpha value is -6.18. The van der Waals surface area contributed by atoms with E-state index in [1.54, 1.807) is 5.57 Å². The van der Waals surface area contributed by atoms with Crippen molar-refractivity contribution in [2.75, 3.05) is 4.90 Å². The molecule has 0 aliphatic heterocycles. The van der Waals surface area contributed by atoms with Crippen LogP contribution in [0.2, 0.25) is 0 Å². The Bertz CT molecular complexity index is 2740. The molecule has 7 aromatic carbocycles. The van der Waals surface area contributed by atoms with Gasteiger partial charge in [0, 0.05) is 27.9 Å². The molecule has 0 atom stereocenters. The highest BCUT2D eigenvalue weighted by Crippen LogP contribution is 2.63. The van der Waals surface area contributed by atoms with Gasteiger partial charge in [-0.05, 0) is 122 Å². The van der Waals surface area contributed by atoms with Gasteiger partial charge in [0.25, 0.3) is 0 Å². The molecule has 0 unspecified atom stereocenters. The fourth-order valence-electron chi connectivity index (χ4n) is 11.0. The first-order valence-electron chi connectivity index (χ1n) is 20.2. The van der Waals surface area contributed by atoms with E-state index < -0.39 is 5.41 Å². The van der Waals surface area contributed by atoms with E-state index in [1.165, 1.54) is 78.0 Å². The minimum atomic E-state index is -0.456. The Morgan fingerprint density at radius 1 is 0.411 bits per heavy atom. The van der Waals surface area contributed by atoms with Crippen LogP contribution in [0.25, 0.3) is 27.8 Å². The van der Waals surface area contributed by atoms with Crippen molar-refractivity contribution in [2.45, 2.75) is 56.8 Å². The molecule has 0 saturated carbocycles. The molecule has 0 saturated heterocycles. The molecule has 7 aromatic rings. The number of rotatable bonds is 4. The SMILES string of the molecule is CC1(C)C2=C(C=CCC2)c2ccc(N(c3ccc(-c4ccccc4)cc3)c3ccc4c(c3)C3(c5ccccc5-4)c4ccccc4C(C)(C)c4ccccc43)cc21. The summed E-state index contributed by atoms with van der Waals surface area (Å²) in [5.74, 6) is 0. The molecule has 1 nitrogen and oxygen atoms in total. The van der Waals surface area contributed by atoms with E-state index in [9.17, 15) is 0 Å². The highest BCUT2D eigenvalue weighted by Gasteiger charge is 2.53. The molecule has 0 fully saturated rings. The number of fused-ring (bicyclic) bond motifs is 11. The van der Waals surface area contributed by atoms with Gasteiger partial charge in [-0.1, -0.05) is 173 Å². The molecule has 56 heavy (non-hydrogen) atoms. The average molecular weight is 720 g/mol. The summed E-state index contributed by atoms with van der Waals surface area (Å²) < 4.78 is 0. The van der Waals surface area contributed by atoms with Gasteiger partial charge >= 0.3 is 0 Å². The van der Waals surface area contributed by atoms with E-state index in [2.05, 4.69) is 209 Å². The molecule has 1 spiro atoms. The molecule has 0 aromatic heterocycles. The highest BCUT2D eigenvalue weighted by atomic mass is 15.1. The predicted octanol–water partition coefficient (Wildman–Crippen LogP) is 14.2. The van der Waals surface area contributed by atoms with Gasteiger partial charge in [-0.25, -0.2) is 0 Å². The lowest BCUT2D eigenvalue weighted by Gasteiger charge is -2.46. The Labute approximate surface area is 331 Å². The maximum atomic E-state index is 2.52. The molecule has 0 radical (unpaired) electrons. The van der Waals surface area contributed by atoms with E-state index in [1.807, 2.05) is 0 Å². The van der Waals surface area contributed by atoms with Gasteiger partial charge in [-0.15, -0.1) is 0 Å². The van der Waals surface area contributed by atoms with E-state index in [0.717, 1.165) is 24.2 Å². The first-order valence-corrected chi connectivity index (χ1v) is 20.2. The van der Waals surface area contributed by atoms with Crippen LogP contribution in [0.4, 0.5) is 17.1 Å². The highest BCUT2D eigenvalue weighted by molar-refractivity contribution is 5.93. The molecule has 0 amide bonds. The summed E-state index contributed by atoms with van der Waals surface area (Å²) in [5, 5.41) is 0. The molecular weight excluding hydrogens is 675 g/mol. The normalized spacial score (nSPS) is 17.1. The van der Waals surface area contributed by atoms with Crippen LogP contribution >= 0.6 is 0 Å². The summed E-state index contributed by atoms with van der Waals surface area (Å²) in [6.45, 7) is 9.64. The quantitative estimate of drug-likeness (QED) is 0.175. The van der Waals surface area contributed by atoms with Crippen LogP contribution in [0.3, 0.4) is 0 Å². The Kier molecular flexibility index (Phi) is 7.06. The van der Waals surface area contributed by atoms with Crippen LogP contribution in [-0.4, -0.2) is 0 Å². The maximum absolute atomic E-state index is 2.52. The van der Waals surface area contributed by atoms with Gasteiger partial charge < -0.3 is 4.90 Å². The lowest BCUT2D eigenvalue weighted by Crippen LogP contribution is -2.40. The van der Waals surface area contributed by atoms with Crippen LogP contribution in [0.5, 0.6) is 0 Å². The molecule has 0 bridgehead atoms. The lowest BCUT2D eigenvalue weighted by atomic mass is 9.55. The van der Waals surface area contributed by atoms with Crippen LogP contribution in [0.15, 0.2) is 182 Å². The average Bonchev–Trinajstić information content (AvgIpc) is 3.66. The first kappa shape index (κ1) is 33.2. The largest absolute Gasteiger partial charge is 0.310 e. The topological polar surface area (TPSA) is 3.24 Å². The minimum absolute atomic E-state index is 0.0275. The number of anilines is 3. The number of hydrogen-bond acceptors (Lipinski definition) is 1. The number of hydrogen-bond donors (Lipinski definition) is 0. The smallest absolute Gasteiger partial charge is 0.0720 e. The zero-order chi connectivity index (χ0) is 37.8. The minimum Gasteiger partial charge on any atom is -0.310 e. The van der Waals surface area contributed by atoms with Gasteiger partial charge in [-0.2, -0.15) is 0 Å². The second-order valence-corrected chi connectivity index (χ2v) is 17.2. The van der Waals surface area contributed by atoms with Gasteiger partial charge in [0.2, 0.25) is 0 Å². The summed E-state index contributed by atoms with van der Waals surface area (Å²) >= 11 is 0. The summed E-state index contributed by atoms with van der Waals surface area (Å²) in [4.78, 5) is 2.50. The fourth-order valence-corrected chi connectivity index (χ4v) is 11.0. The van der Waals surface area contributed by atoms with Crippen molar-refractivity contribution in [1.82, 2.24) is 0 Å². The lowest BCUT2D eigenvalue weighted by molar-refractivity contribution is 0.563. The third kappa shape index (κ3) is 4.43. The third-order valence-electron chi connectivity index (χ3n) is 13.7. The van der Waals surface area contributed by atoms with Crippen molar-refractivity contribution in [3.05, 3.63) is 226 Å². The Morgan fingerprint density at radius 2 is 0.929 bits per heavy atom. The van der Waals surface area contributed by atoms with Crippen LogP contribution in [-0.2, 0) is 16.2 Å². The molecule has 1 heteroatoms. The van der Waals surface area contributed by atoms with Gasteiger partial charge in [-0.3, -0.25) is 0 Å². The van der Waals surface area contributed by atoms with Gasteiger partial charge in [0.1, 0.15) is 0 Å². The zero-order valence-corrected chi connectivity index (χ0v) is 32.6.